The Bertz CT molecular complexity index is 706. The molecule has 1 heterocycles. The maximum Gasteiger partial charge on any atom is 0.254 e. The highest BCUT2D eigenvalue weighted by atomic mass is 16.5. The summed E-state index contributed by atoms with van der Waals surface area (Å²) < 4.78 is 5.23. The Morgan fingerprint density at radius 1 is 1.43 bits per heavy atom. The van der Waals surface area contributed by atoms with E-state index in [1.165, 1.54) is 0 Å². The number of nitrogens with zero attached hydrogens (tertiary/aromatic N) is 1. The molecule has 1 aliphatic carbocycles. The molecule has 0 bridgehead atoms. The lowest BCUT2D eigenvalue weighted by molar-refractivity contribution is 0.414. The van der Waals surface area contributed by atoms with Gasteiger partial charge in [0.1, 0.15) is 11.6 Å². The van der Waals surface area contributed by atoms with E-state index in [1.54, 1.807) is 7.11 Å². The average Bonchev–Trinajstić information content (AvgIpc) is 2.48. The largest absolute Gasteiger partial charge is 0.497 e. The van der Waals surface area contributed by atoms with Gasteiger partial charge in [-0.2, -0.15) is 0 Å². The number of H-pyrrole nitrogens is 1. The van der Waals surface area contributed by atoms with Gasteiger partial charge in [-0.1, -0.05) is 19.1 Å². The number of hydrogen-bond acceptors (Lipinski definition) is 3. The summed E-state index contributed by atoms with van der Waals surface area (Å²) in [7, 11) is 1.65. The smallest absolute Gasteiger partial charge is 0.254 e. The standard InChI is InChI=1S/C17H20N2O2/c1-11-6-7-15-14(8-11)17(20)19-16(18-15)10-12-4-3-5-13(9-12)21-2/h3-5,9,11H,6-8,10H2,1-2H3,(H,18,19,20). The minimum absolute atomic E-state index is 0.0319. The van der Waals surface area contributed by atoms with Crippen LogP contribution in [0.1, 0.15) is 36.0 Å². The number of aromatic amines is 1. The van der Waals surface area contributed by atoms with E-state index in [0.717, 1.165) is 47.7 Å². The first-order valence-electron chi connectivity index (χ1n) is 7.39. The zero-order valence-corrected chi connectivity index (χ0v) is 12.5. The van der Waals surface area contributed by atoms with Gasteiger partial charge in [-0.05, 0) is 42.9 Å². The number of nitrogens with one attached hydrogen (secondary N) is 1. The van der Waals surface area contributed by atoms with Crippen molar-refractivity contribution in [3.05, 3.63) is 57.3 Å². The van der Waals surface area contributed by atoms with E-state index in [-0.39, 0.29) is 5.56 Å². The van der Waals surface area contributed by atoms with Gasteiger partial charge in [0, 0.05) is 12.0 Å². The summed E-state index contributed by atoms with van der Waals surface area (Å²) in [5.74, 6) is 2.13. The molecule has 4 nitrogen and oxygen atoms in total. The Morgan fingerprint density at radius 2 is 2.29 bits per heavy atom. The first kappa shape index (κ1) is 13.9. The number of benzene rings is 1. The number of aryl methyl sites for hydroxylation is 1. The maximum absolute atomic E-state index is 12.2. The van der Waals surface area contributed by atoms with Gasteiger partial charge in [0.15, 0.2) is 0 Å². The topological polar surface area (TPSA) is 55.0 Å². The van der Waals surface area contributed by atoms with Crippen molar-refractivity contribution in [3.63, 3.8) is 0 Å². The normalized spacial score (nSPS) is 17.3. The fraction of sp³-hybridized carbons (Fsp3) is 0.412. The highest BCUT2D eigenvalue weighted by Gasteiger charge is 2.20. The Kier molecular flexibility index (Phi) is 3.78. The molecule has 0 aliphatic heterocycles. The first-order valence-corrected chi connectivity index (χ1v) is 7.39. The molecule has 1 atom stereocenters. The van der Waals surface area contributed by atoms with Crippen LogP contribution in [0.4, 0.5) is 0 Å². The summed E-state index contributed by atoms with van der Waals surface area (Å²) in [5.41, 5.74) is 2.98. The van der Waals surface area contributed by atoms with Gasteiger partial charge in [0.2, 0.25) is 0 Å². The molecule has 0 radical (unpaired) electrons. The van der Waals surface area contributed by atoms with Gasteiger partial charge in [-0.3, -0.25) is 4.79 Å². The van der Waals surface area contributed by atoms with E-state index in [2.05, 4.69) is 16.9 Å². The summed E-state index contributed by atoms with van der Waals surface area (Å²) in [5, 5.41) is 0. The Labute approximate surface area is 124 Å². The number of ether oxygens (including phenoxy) is 1. The molecule has 1 aliphatic rings. The monoisotopic (exact) mass is 284 g/mol. The van der Waals surface area contributed by atoms with Crippen molar-refractivity contribution in [2.75, 3.05) is 7.11 Å². The second-order valence-corrected chi connectivity index (χ2v) is 5.81. The summed E-state index contributed by atoms with van der Waals surface area (Å²) >= 11 is 0. The molecule has 0 amide bonds. The summed E-state index contributed by atoms with van der Waals surface area (Å²) in [6.45, 7) is 2.19. The maximum atomic E-state index is 12.2. The van der Waals surface area contributed by atoms with E-state index in [1.807, 2.05) is 24.3 Å². The van der Waals surface area contributed by atoms with Crippen LogP contribution in [0.25, 0.3) is 0 Å². The number of methoxy groups -OCH3 is 1. The zero-order valence-electron chi connectivity index (χ0n) is 12.5. The van der Waals surface area contributed by atoms with Crippen LogP contribution in [-0.4, -0.2) is 17.1 Å². The van der Waals surface area contributed by atoms with Crippen LogP contribution in [0.5, 0.6) is 5.75 Å². The molecule has 0 saturated heterocycles. The first-order chi connectivity index (χ1) is 10.2. The lowest BCUT2D eigenvalue weighted by Crippen LogP contribution is -2.26. The van der Waals surface area contributed by atoms with Crippen molar-refractivity contribution in [2.24, 2.45) is 5.92 Å². The molecule has 1 unspecified atom stereocenters. The second kappa shape index (κ2) is 5.72. The summed E-state index contributed by atoms with van der Waals surface area (Å²) in [6.07, 6.45) is 3.49. The number of fused-ring (bicyclic) bond motifs is 1. The highest BCUT2D eigenvalue weighted by molar-refractivity contribution is 5.31. The number of aromatic nitrogens is 2. The quantitative estimate of drug-likeness (QED) is 0.942. The molecular formula is C17H20N2O2. The Hall–Kier alpha value is -2.10. The third kappa shape index (κ3) is 2.99. The van der Waals surface area contributed by atoms with E-state index < -0.39 is 0 Å². The predicted octanol–water partition coefficient (Wildman–Crippen LogP) is 2.49. The third-order valence-corrected chi connectivity index (χ3v) is 4.08. The fourth-order valence-corrected chi connectivity index (χ4v) is 2.91. The summed E-state index contributed by atoms with van der Waals surface area (Å²) in [6, 6.07) is 7.85. The van der Waals surface area contributed by atoms with Crippen LogP contribution in [0.2, 0.25) is 0 Å². The van der Waals surface area contributed by atoms with E-state index in [0.29, 0.717) is 12.3 Å². The zero-order chi connectivity index (χ0) is 14.8. The van der Waals surface area contributed by atoms with Crippen LogP contribution in [-0.2, 0) is 19.3 Å². The molecule has 1 aromatic carbocycles. The molecule has 1 N–H and O–H groups in total. The van der Waals surface area contributed by atoms with Gasteiger partial charge >= 0.3 is 0 Å². The second-order valence-electron chi connectivity index (χ2n) is 5.81. The molecule has 0 saturated carbocycles. The highest BCUT2D eigenvalue weighted by Crippen LogP contribution is 2.21. The molecule has 0 fully saturated rings. The Balaban J connectivity index is 1.90. The lowest BCUT2D eigenvalue weighted by atomic mass is 9.88. The number of hydrogen-bond donors (Lipinski definition) is 1. The molecule has 1 aromatic heterocycles. The minimum atomic E-state index is 0.0319. The van der Waals surface area contributed by atoms with Crippen LogP contribution < -0.4 is 10.3 Å². The molecule has 4 heteroatoms. The lowest BCUT2D eigenvalue weighted by Gasteiger charge is -2.20. The molecular weight excluding hydrogens is 264 g/mol. The molecule has 21 heavy (non-hydrogen) atoms. The average molecular weight is 284 g/mol. The van der Waals surface area contributed by atoms with Crippen molar-refractivity contribution in [3.8, 4) is 5.75 Å². The fourth-order valence-electron chi connectivity index (χ4n) is 2.91. The van der Waals surface area contributed by atoms with E-state index in [4.69, 9.17) is 4.74 Å². The van der Waals surface area contributed by atoms with Crippen LogP contribution in [0.15, 0.2) is 29.1 Å². The van der Waals surface area contributed by atoms with Crippen LogP contribution in [0.3, 0.4) is 0 Å². The van der Waals surface area contributed by atoms with Crippen molar-refractivity contribution < 1.29 is 4.74 Å². The molecule has 2 aromatic rings. The van der Waals surface area contributed by atoms with Crippen LogP contribution in [0, 0.1) is 5.92 Å². The molecule has 3 rings (SSSR count). The van der Waals surface area contributed by atoms with Crippen molar-refractivity contribution in [1.82, 2.24) is 9.97 Å². The minimum Gasteiger partial charge on any atom is -0.497 e. The SMILES string of the molecule is COc1cccc(Cc2nc3c(c(=O)[nH]2)CC(C)CC3)c1. The predicted molar refractivity (Wildman–Crippen MR) is 81.8 cm³/mol. The van der Waals surface area contributed by atoms with Gasteiger partial charge in [-0.15, -0.1) is 0 Å². The van der Waals surface area contributed by atoms with Crippen LogP contribution >= 0.6 is 0 Å². The number of rotatable bonds is 3. The van der Waals surface area contributed by atoms with Gasteiger partial charge in [0.25, 0.3) is 5.56 Å². The van der Waals surface area contributed by atoms with Crippen molar-refractivity contribution in [2.45, 2.75) is 32.6 Å². The summed E-state index contributed by atoms with van der Waals surface area (Å²) in [4.78, 5) is 19.8. The van der Waals surface area contributed by atoms with Gasteiger partial charge < -0.3 is 9.72 Å². The molecule has 110 valence electrons. The third-order valence-electron chi connectivity index (χ3n) is 4.08. The van der Waals surface area contributed by atoms with Gasteiger partial charge in [-0.25, -0.2) is 4.98 Å². The van der Waals surface area contributed by atoms with Gasteiger partial charge in [0.05, 0.1) is 12.8 Å². The van der Waals surface area contributed by atoms with E-state index in [9.17, 15) is 4.79 Å². The van der Waals surface area contributed by atoms with E-state index >= 15 is 0 Å². The Morgan fingerprint density at radius 3 is 3.10 bits per heavy atom. The van der Waals surface area contributed by atoms with Crippen molar-refractivity contribution >= 4 is 0 Å². The molecule has 0 spiro atoms. The van der Waals surface area contributed by atoms with Crippen molar-refractivity contribution in [1.29, 1.82) is 0 Å².